The fraction of sp³-hybridized carbons (Fsp3) is 0.500. The number of nitrogens with one attached hydrogen (secondary N) is 1. The molecule has 0 heterocycles. The summed E-state index contributed by atoms with van der Waals surface area (Å²) in [6, 6.07) is 4.31. The van der Waals surface area contributed by atoms with Gasteiger partial charge >= 0.3 is 0 Å². The number of hydrogen-bond donors (Lipinski definition) is 2. The first-order valence-corrected chi connectivity index (χ1v) is 6.85. The Hall–Kier alpha value is -2.15. The first kappa shape index (κ1) is 15.2. The predicted octanol–water partition coefficient (Wildman–Crippen LogP) is 2.20. The summed E-state index contributed by atoms with van der Waals surface area (Å²) >= 11 is 0. The Morgan fingerprint density at radius 3 is 2.71 bits per heavy atom. The Morgan fingerprint density at radius 2 is 2.14 bits per heavy atom. The maximum Gasteiger partial charge on any atom is 0.296 e. The highest BCUT2D eigenvalue weighted by Crippen LogP contribution is 2.32. The zero-order valence-electron chi connectivity index (χ0n) is 11.9. The number of nitrogens with zero attached hydrogens (tertiary/aromatic N) is 1. The van der Waals surface area contributed by atoms with Gasteiger partial charge in [0.05, 0.1) is 18.1 Å². The third kappa shape index (κ3) is 3.69. The predicted molar refractivity (Wildman–Crippen MR) is 78.3 cm³/mol. The monoisotopic (exact) mass is 293 g/mol. The van der Waals surface area contributed by atoms with Crippen LogP contribution in [-0.4, -0.2) is 23.5 Å². The lowest BCUT2D eigenvalue weighted by Gasteiger charge is -2.22. The van der Waals surface area contributed by atoms with Crippen molar-refractivity contribution in [2.75, 3.05) is 12.4 Å². The van der Waals surface area contributed by atoms with Crippen molar-refractivity contribution < 1.29 is 14.5 Å². The Kier molecular flexibility index (Phi) is 4.42. The van der Waals surface area contributed by atoms with E-state index in [4.69, 9.17) is 10.5 Å². The van der Waals surface area contributed by atoms with Gasteiger partial charge in [-0.25, -0.2) is 0 Å². The second-order valence-electron chi connectivity index (χ2n) is 5.43. The van der Waals surface area contributed by atoms with Crippen molar-refractivity contribution >= 4 is 17.3 Å². The normalized spacial score (nSPS) is 16.5. The molecule has 1 amide bonds. The van der Waals surface area contributed by atoms with E-state index in [9.17, 15) is 14.9 Å². The van der Waals surface area contributed by atoms with E-state index in [1.165, 1.54) is 19.2 Å². The molecule has 0 unspecified atom stereocenters. The van der Waals surface area contributed by atoms with Crippen LogP contribution in [0.1, 0.15) is 32.1 Å². The third-order valence-corrected chi connectivity index (χ3v) is 3.79. The summed E-state index contributed by atoms with van der Waals surface area (Å²) < 4.78 is 4.95. The summed E-state index contributed by atoms with van der Waals surface area (Å²) in [6.45, 7) is 0. The number of rotatable bonds is 5. The van der Waals surface area contributed by atoms with E-state index < -0.39 is 10.5 Å². The molecule has 0 radical (unpaired) electrons. The number of anilines is 1. The molecule has 0 saturated heterocycles. The molecule has 1 fully saturated rings. The van der Waals surface area contributed by atoms with Crippen molar-refractivity contribution in [3.8, 4) is 5.75 Å². The fourth-order valence-electron chi connectivity index (χ4n) is 2.67. The van der Waals surface area contributed by atoms with Gasteiger partial charge in [-0.15, -0.1) is 0 Å². The number of benzene rings is 1. The topological polar surface area (TPSA) is 107 Å². The number of hydrogen-bond acceptors (Lipinski definition) is 5. The van der Waals surface area contributed by atoms with E-state index in [2.05, 4.69) is 5.32 Å². The van der Waals surface area contributed by atoms with E-state index in [1.807, 2.05) is 0 Å². The number of carbonyl (C=O) groups is 1. The standard InChI is InChI=1S/C14H19N3O4/c1-21-10-4-5-11(12(8-10)17(19)20)16-13(18)9-14(15)6-2-3-7-14/h4-5,8H,2-3,6-7,9,15H2,1H3,(H,16,18). The molecular weight excluding hydrogens is 274 g/mol. The molecule has 1 saturated carbocycles. The molecule has 0 atom stereocenters. The van der Waals surface area contributed by atoms with Crippen LogP contribution in [0.2, 0.25) is 0 Å². The van der Waals surface area contributed by atoms with Crippen LogP contribution in [0.25, 0.3) is 0 Å². The van der Waals surface area contributed by atoms with E-state index in [1.54, 1.807) is 6.07 Å². The molecule has 7 nitrogen and oxygen atoms in total. The van der Waals surface area contributed by atoms with Crippen LogP contribution in [0.5, 0.6) is 5.75 Å². The number of amides is 1. The molecule has 21 heavy (non-hydrogen) atoms. The molecule has 0 spiro atoms. The maximum absolute atomic E-state index is 12.1. The first-order chi connectivity index (χ1) is 9.93. The summed E-state index contributed by atoms with van der Waals surface area (Å²) in [5, 5.41) is 13.6. The van der Waals surface area contributed by atoms with Gasteiger partial charge in [0.1, 0.15) is 11.4 Å². The summed E-state index contributed by atoms with van der Waals surface area (Å²) in [7, 11) is 1.43. The second kappa shape index (κ2) is 6.09. The Bertz CT molecular complexity index is 553. The number of ether oxygens (including phenoxy) is 1. The van der Waals surface area contributed by atoms with Crippen LogP contribution in [-0.2, 0) is 4.79 Å². The van der Waals surface area contributed by atoms with Crippen molar-refractivity contribution in [3.63, 3.8) is 0 Å². The Morgan fingerprint density at radius 1 is 1.48 bits per heavy atom. The first-order valence-electron chi connectivity index (χ1n) is 6.85. The lowest BCUT2D eigenvalue weighted by atomic mass is 9.94. The number of carbonyl (C=O) groups excluding carboxylic acids is 1. The van der Waals surface area contributed by atoms with E-state index in [0.29, 0.717) is 5.75 Å². The van der Waals surface area contributed by atoms with Crippen LogP contribution >= 0.6 is 0 Å². The van der Waals surface area contributed by atoms with Crippen LogP contribution in [0.4, 0.5) is 11.4 Å². The average Bonchev–Trinajstić information content (AvgIpc) is 2.85. The summed E-state index contributed by atoms with van der Waals surface area (Å²) in [5.74, 6) is 0.0680. The second-order valence-corrected chi connectivity index (χ2v) is 5.43. The lowest BCUT2D eigenvalue weighted by molar-refractivity contribution is -0.384. The SMILES string of the molecule is COc1ccc(NC(=O)CC2(N)CCCC2)c([N+](=O)[O-])c1. The highest BCUT2D eigenvalue weighted by molar-refractivity contribution is 5.94. The quantitative estimate of drug-likeness (QED) is 0.639. The Balaban J connectivity index is 2.11. The van der Waals surface area contributed by atoms with E-state index in [0.717, 1.165) is 25.7 Å². The van der Waals surface area contributed by atoms with Crippen LogP contribution in [0.3, 0.4) is 0 Å². The molecule has 1 aromatic carbocycles. The zero-order chi connectivity index (χ0) is 15.5. The van der Waals surface area contributed by atoms with Crippen molar-refractivity contribution in [2.45, 2.75) is 37.6 Å². The van der Waals surface area contributed by atoms with Crippen LogP contribution in [0.15, 0.2) is 18.2 Å². The fourth-order valence-corrected chi connectivity index (χ4v) is 2.67. The van der Waals surface area contributed by atoms with Crippen LogP contribution < -0.4 is 15.8 Å². The summed E-state index contributed by atoms with van der Waals surface area (Å²) in [6.07, 6.45) is 3.84. The van der Waals surface area contributed by atoms with Gasteiger partial charge in [0, 0.05) is 12.0 Å². The number of nitro groups is 1. The van der Waals surface area contributed by atoms with Gasteiger partial charge in [-0.05, 0) is 25.0 Å². The third-order valence-electron chi connectivity index (χ3n) is 3.79. The average molecular weight is 293 g/mol. The minimum absolute atomic E-state index is 0.160. The smallest absolute Gasteiger partial charge is 0.296 e. The molecule has 0 bridgehead atoms. The molecule has 1 aromatic rings. The number of nitrogens with two attached hydrogens (primary N) is 1. The van der Waals surface area contributed by atoms with Crippen LogP contribution in [0, 0.1) is 10.1 Å². The van der Waals surface area contributed by atoms with Gasteiger partial charge in [0.2, 0.25) is 5.91 Å². The zero-order valence-corrected chi connectivity index (χ0v) is 11.9. The minimum atomic E-state index is -0.550. The molecule has 1 aliphatic rings. The van der Waals surface area contributed by atoms with Crippen molar-refractivity contribution in [2.24, 2.45) is 5.73 Å². The molecule has 114 valence electrons. The lowest BCUT2D eigenvalue weighted by Crippen LogP contribution is -2.40. The van der Waals surface area contributed by atoms with Gasteiger partial charge in [0.15, 0.2) is 0 Å². The van der Waals surface area contributed by atoms with E-state index in [-0.39, 0.29) is 23.7 Å². The molecule has 1 aliphatic carbocycles. The molecule has 3 N–H and O–H groups in total. The summed E-state index contributed by atoms with van der Waals surface area (Å²) in [5.41, 5.74) is 5.63. The molecule has 0 aliphatic heterocycles. The van der Waals surface area contributed by atoms with Gasteiger partial charge in [-0.2, -0.15) is 0 Å². The molecular formula is C14H19N3O4. The van der Waals surface area contributed by atoms with Crippen molar-refractivity contribution in [3.05, 3.63) is 28.3 Å². The van der Waals surface area contributed by atoms with Gasteiger partial charge < -0.3 is 15.8 Å². The maximum atomic E-state index is 12.1. The molecule has 0 aromatic heterocycles. The minimum Gasteiger partial charge on any atom is -0.496 e. The van der Waals surface area contributed by atoms with Gasteiger partial charge in [-0.3, -0.25) is 14.9 Å². The molecule has 7 heteroatoms. The Labute approximate surface area is 122 Å². The highest BCUT2D eigenvalue weighted by Gasteiger charge is 2.32. The molecule has 2 rings (SSSR count). The highest BCUT2D eigenvalue weighted by atomic mass is 16.6. The van der Waals surface area contributed by atoms with Gasteiger partial charge in [-0.1, -0.05) is 12.8 Å². The van der Waals surface area contributed by atoms with Gasteiger partial charge in [0.25, 0.3) is 5.69 Å². The number of methoxy groups -OCH3 is 1. The summed E-state index contributed by atoms with van der Waals surface area (Å²) in [4.78, 5) is 22.6. The largest absolute Gasteiger partial charge is 0.496 e. The van der Waals surface area contributed by atoms with E-state index >= 15 is 0 Å². The van der Waals surface area contributed by atoms with Crippen molar-refractivity contribution in [1.82, 2.24) is 0 Å². The van der Waals surface area contributed by atoms with Crippen molar-refractivity contribution in [1.29, 1.82) is 0 Å². The number of nitro benzene ring substituents is 1.